The van der Waals surface area contributed by atoms with Crippen molar-refractivity contribution < 1.29 is 14.8 Å². The first kappa shape index (κ1) is 15.9. The van der Waals surface area contributed by atoms with Crippen molar-refractivity contribution in [1.82, 2.24) is 4.90 Å². The number of nitro benzene ring substituents is 1. The van der Waals surface area contributed by atoms with E-state index in [2.05, 4.69) is 4.90 Å². The minimum absolute atomic E-state index is 0.0785. The third-order valence-electron chi connectivity index (χ3n) is 5.42. The van der Waals surface area contributed by atoms with Crippen LogP contribution in [-0.4, -0.2) is 34.0 Å². The van der Waals surface area contributed by atoms with Crippen LogP contribution in [0, 0.1) is 21.4 Å². The molecule has 2 aliphatic rings. The van der Waals surface area contributed by atoms with Crippen LogP contribution in [0.25, 0.3) is 0 Å². The summed E-state index contributed by atoms with van der Waals surface area (Å²) in [6.45, 7) is 2.05. The maximum Gasteiger partial charge on any atom is 0.308 e. The summed E-state index contributed by atoms with van der Waals surface area (Å²) in [5.41, 5.74) is 1.00. The molecule has 1 unspecified atom stereocenters. The van der Waals surface area contributed by atoms with Crippen LogP contribution in [0.2, 0.25) is 0 Å². The Morgan fingerprint density at radius 3 is 2.48 bits per heavy atom. The zero-order valence-electron chi connectivity index (χ0n) is 13.1. The number of hydrogen-bond donors (Lipinski definition) is 1. The van der Waals surface area contributed by atoms with Gasteiger partial charge in [0.05, 0.1) is 10.8 Å². The maximum absolute atomic E-state index is 11.7. The SMILES string of the molecule is O=C(O)C1CN(Cc2ccc([N+](=O)[O-])cc2)CC12CCCCC2. The monoisotopic (exact) mass is 318 g/mol. The number of rotatable bonds is 4. The molecule has 0 aromatic heterocycles. The van der Waals surface area contributed by atoms with E-state index in [0.29, 0.717) is 13.1 Å². The van der Waals surface area contributed by atoms with E-state index in [1.807, 2.05) is 0 Å². The quantitative estimate of drug-likeness (QED) is 0.681. The van der Waals surface area contributed by atoms with Crippen molar-refractivity contribution in [2.24, 2.45) is 11.3 Å². The number of aliphatic carboxylic acids is 1. The molecule has 124 valence electrons. The highest BCUT2D eigenvalue weighted by molar-refractivity contribution is 5.72. The smallest absolute Gasteiger partial charge is 0.308 e. The van der Waals surface area contributed by atoms with Crippen LogP contribution < -0.4 is 0 Å². The van der Waals surface area contributed by atoms with Gasteiger partial charge in [0.1, 0.15) is 0 Å². The lowest BCUT2D eigenvalue weighted by molar-refractivity contribution is -0.384. The van der Waals surface area contributed by atoms with Crippen LogP contribution in [-0.2, 0) is 11.3 Å². The predicted octanol–water partition coefficient (Wildman–Crippen LogP) is 3.06. The lowest BCUT2D eigenvalue weighted by Gasteiger charge is -2.36. The molecule has 1 aromatic carbocycles. The summed E-state index contributed by atoms with van der Waals surface area (Å²) in [5.74, 6) is -0.973. The zero-order valence-corrected chi connectivity index (χ0v) is 13.1. The van der Waals surface area contributed by atoms with Gasteiger partial charge in [0, 0.05) is 31.8 Å². The van der Waals surface area contributed by atoms with E-state index in [0.717, 1.165) is 37.8 Å². The molecule has 3 rings (SSSR count). The van der Waals surface area contributed by atoms with E-state index in [9.17, 15) is 20.0 Å². The van der Waals surface area contributed by atoms with Crippen LogP contribution in [0.3, 0.4) is 0 Å². The molecule has 1 aliphatic carbocycles. The van der Waals surface area contributed by atoms with Gasteiger partial charge in [-0.3, -0.25) is 19.8 Å². The van der Waals surface area contributed by atoms with E-state index < -0.39 is 10.9 Å². The van der Waals surface area contributed by atoms with Gasteiger partial charge in [-0.05, 0) is 23.8 Å². The minimum atomic E-state index is -0.682. The number of non-ortho nitro benzene ring substituents is 1. The Hall–Kier alpha value is -1.95. The lowest BCUT2D eigenvalue weighted by Crippen LogP contribution is -2.36. The topological polar surface area (TPSA) is 83.7 Å². The van der Waals surface area contributed by atoms with Crippen LogP contribution in [0.4, 0.5) is 5.69 Å². The molecule has 1 N–H and O–H groups in total. The summed E-state index contributed by atoms with van der Waals surface area (Å²) >= 11 is 0. The molecule has 1 aliphatic heterocycles. The van der Waals surface area contributed by atoms with Crippen LogP contribution in [0.1, 0.15) is 37.7 Å². The Balaban J connectivity index is 1.71. The first-order chi connectivity index (χ1) is 11.0. The Morgan fingerprint density at radius 2 is 1.91 bits per heavy atom. The number of carbonyl (C=O) groups is 1. The number of carboxylic acid groups (broad SMARTS) is 1. The predicted molar refractivity (Wildman–Crippen MR) is 85.0 cm³/mol. The highest BCUT2D eigenvalue weighted by atomic mass is 16.6. The summed E-state index contributed by atoms with van der Waals surface area (Å²) in [6, 6.07) is 6.55. The van der Waals surface area contributed by atoms with Crippen molar-refractivity contribution in [2.45, 2.75) is 38.6 Å². The highest BCUT2D eigenvalue weighted by Crippen LogP contribution is 2.47. The maximum atomic E-state index is 11.7. The second kappa shape index (κ2) is 6.28. The molecule has 23 heavy (non-hydrogen) atoms. The summed E-state index contributed by atoms with van der Waals surface area (Å²) in [6.07, 6.45) is 5.45. The molecule has 6 heteroatoms. The van der Waals surface area contributed by atoms with Gasteiger partial charge >= 0.3 is 5.97 Å². The molecule has 0 amide bonds. The molecule has 0 radical (unpaired) electrons. The molecule has 2 fully saturated rings. The van der Waals surface area contributed by atoms with Crippen molar-refractivity contribution in [3.63, 3.8) is 0 Å². The largest absolute Gasteiger partial charge is 0.481 e. The number of benzene rings is 1. The number of hydrogen-bond acceptors (Lipinski definition) is 4. The van der Waals surface area contributed by atoms with Gasteiger partial charge in [0.25, 0.3) is 5.69 Å². The fourth-order valence-electron chi connectivity index (χ4n) is 4.28. The number of nitro groups is 1. The molecule has 1 spiro atoms. The van der Waals surface area contributed by atoms with E-state index in [4.69, 9.17) is 0 Å². The number of nitrogens with zero attached hydrogens (tertiary/aromatic N) is 2. The first-order valence-corrected chi connectivity index (χ1v) is 8.19. The zero-order chi connectivity index (χ0) is 16.4. The van der Waals surface area contributed by atoms with Crippen LogP contribution in [0.5, 0.6) is 0 Å². The summed E-state index contributed by atoms with van der Waals surface area (Å²) in [7, 11) is 0. The van der Waals surface area contributed by atoms with Gasteiger partial charge in [-0.2, -0.15) is 0 Å². The van der Waals surface area contributed by atoms with Gasteiger partial charge in [0.2, 0.25) is 0 Å². The third-order valence-corrected chi connectivity index (χ3v) is 5.42. The minimum Gasteiger partial charge on any atom is -0.481 e. The van der Waals surface area contributed by atoms with Gasteiger partial charge in [0.15, 0.2) is 0 Å². The Bertz CT molecular complexity index is 593. The van der Waals surface area contributed by atoms with Gasteiger partial charge < -0.3 is 5.11 Å². The van der Waals surface area contributed by atoms with Crippen molar-refractivity contribution in [3.8, 4) is 0 Å². The fraction of sp³-hybridized carbons (Fsp3) is 0.588. The van der Waals surface area contributed by atoms with Crippen molar-refractivity contribution in [2.75, 3.05) is 13.1 Å². The second-order valence-electron chi connectivity index (χ2n) is 6.91. The Labute approximate surface area is 135 Å². The second-order valence-corrected chi connectivity index (χ2v) is 6.91. The van der Waals surface area contributed by atoms with E-state index in [-0.39, 0.29) is 17.0 Å². The molecule has 1 atom stereocenters. The normalized spacial score (nSPS) is 23.9. The molecule has 1 saturated heterocycles. The summed E-state index contributed by atoms with van der Waals surface area (Å²) in [4.78, 5) is 24.2. The van der Waals surface area contributed by atoms with Crippen molar-refractivity contribution in [3.05, 3.63) is 39.9 Å². The molecule has 6 nitrogen and oxygen atoms in total. The number of carboxylic acids is 1. The first-order valence-electron chi connectivity index (χ1n) is 8.19. The summed E-state index contributed by atoms with van der Waals surface area (Å²) in [5, 5.41) is 20.3. The van der Waals surface area contributed by atoms with Crippen LogP contribution >= 0.6 is 0 Å². The van der Waals surface area contributed by atoms with Gasteiger partial charge in [-0.15, -0.1) is 0 Å². The number of likely N-dealkylation sites (tertiary alicyclic amines) is 1. The van der Waals surface area contributed by atoms with Crippen molar-refractivity contribution in [1.29, 1.82) is 0 Å². The van der Waals surface area contributed by atoms with E-state index in [1.165, 1.54) is 18.6 Å². The van der Waals surface area contributed by atoms with Crippen LogP contribution in [0.15, 0.2) is 24.3 Å². The standard InChI is InChI=1S/C17H22N2O4/c20-16(21)15-11-18(12-17(15)8-2-1-3-9-17)10-13-4-6-14(7-5-13)19(22)23/h4-7,15H,1-3,8-12H2,(H,20,21). The van der Waals surface area contributed by atoms with Crippen molar-refractivity contribution >= 4 is 11.7 Å². The highest BCUT2D eigenvalue weighted by Gasteiger charge is 2.50. The molecular formula is C17H22N2O4. The molecule has 1 saturated carbocycles. The Morgan fingerprint density at radius 1 is 1.26 bits per heavy atom. The van der Waals surface area contributed by atoms with Gasteiger partial charge in [-0.25, -0.2) is 0 Å². The fourth-order valence-corrected chi connectivity index (χ4v) is 4.28. The molecule has 1 aromatic rings. The Kier molecular flexibility index (Phi) is 4.35. The average Bonchev–Trinajstić information content (AvgIpc) is 2.86. The third kappa shape index (κ3) is 3.22. The van der Waals surface area contributed by atoms with Gasteiger partial charge in [-0.1, -0.05) is 31.4 Å². The lowest BCUT2D eigenvalue weighted by atomic mass is 9.68. The van der Waals surface area contributed by atoms with E-state index in [1.54, 1.807) is 12.1 Å². The molecule has 0 bridgehead atoms. The summed E-state index contributed by atoms with van der Waals surface area (Å²) < 4.78 is 0. The molecular weight excluding hydrogens is 296 g/mol. The average molecular weight is 318 g/mol. The molecule has 1 heterocycles. The van der Waals surface area contributed by atoms with E-state index >= 15 is 0 Å².